The molecule has 0 saturated carbocycles. The van der Waals surface area contributed by atoms with E-state index in [1.807, 2.05) is 6.92 Å². The van der Waals surface area contributed by atoms with Gasteiger partial charge in [-0.1, -0.05) is 13.3 Å². The first-order valence-electron chi connectivity index (χ1n) is 7.15. The van der Waals surface area contributed by atoms with Crippen LogP contribution in [0, 0.1) is 5.92 Å². The number of esters is 2. The van der Waals surface area contributed by atoms with Crippen molar-refractivity contribution in [2.75, 3.05) is 13.7 Å². The van der Waals surface area contributed by atoms with Gasteiger partial charge in [-0.25, -0.2) is 0 Å². The van der Waals surface area contributed by atoms with Crippen LogP contribution in [0.25, 0.3) is 0 Å². The monoisotopic (exact) mass is 316 g/mol. The first kappa shape index (κ1) is 20.1. The van der Waals surface area contributed by atoms with Crippen molar-refractivity contribution in [1.82, 2.24) is 0 Å². The van der Waals surface area contributed by atoms with E-state index >= 15 is 0 Å². The van der Waals surface area contributed by atoms with Crippen molar-refractivity contribution >= 4 is 24.2 Å². The Labute approximate surface area is 130 Å². The number of hydrogen-bond donors (Lipinski definition) is 0. The fourth-order valence-electron chi connectivity index (χ4n) is 1.71. The molecule has 0 aliphatic rings. The lowest BCUT2D eigenvalue weighted by Crippen LogP contribution is -2.33. The van der Waals surface area contributed by atoms with Gasteiger partial charge in [0.05, 0.1) is 13.5 Å². The Morgan fingerprint density at radius 3 is 2.36 bits per heavy atom. The first-order chi connectivity index (χ1) is 10.3. The zero-order valence-electron chi connectivity index (χ0n) is 13.5. The molecule has 22 heavy (non-hydrogen) atoms. The molecule has 0 aliphatic carbocycles. The molecule has 0 heterocycles. The summed E-state index contributed by atoms with van der Waals surface area (Å²) in [5, 5.41) is 0. The Kier molecular flexibility index (Phi) is 9.05. The molecule has 0 amide bonds. The number of rotatable bonds is 11. The zero-order valence-corrected chi connectivity index (χ0v) is 13.5. The van der Waals surface area contributed by atoms with Gasteiger partial charge in [0, 0.05) is 6.42 Å². The smallest absolute Gasteiger partial charge is 0.319 e. The molecule has 1 unspecified atom stereocenters. The molecule has 0 aromatic rings. The number of ketones is 1. The van der Waals surface area contributed by atoms with Crippen molar-refractivity contribution in [1.29, 1.82) is 0 Å². The van der Waals surface area contributed by atoms with Gasteiger partial charge in [-0.05, 0) is 20.3 Å². The summed E-state index contributed by atoms with van der Waals surface area (Å²) in [6.45, 7) is 4.90. The molecular formula is C15H24O7. The quantitative estimate of drug-likeness (QED) is 0.246. The Bertz CT molecular complexity index is 401. The summed E-state index contributed by atoms with van der Waals surface area (Å²) in [6, 6.07) is 0. The van der Waals surface area contributed by atoms with Crippen molar-refractivity contribution in [3.63, 3.8) is 0 Å². The van der Waals surface area contributed by atoms with Crippen LogP contribution in [0.15, 0.2) is 0 Å². The molecule has 1 atom stereocenters. The van der Waals surface area contributed by atoms with Crippen molar-refractivity contribution < 1.29 is 33.4 Å². The van der Waals surface area contributed by atoms with Crippen molar-refractivity contribution in [3.8, 4) is 0 Å². The minimum absolute atomic E-state index is 0.178. The van der Waals surface area contributed by atoms with E-state index in [1.54, 1.807) is 13.8 Å². The summed E-state index contributed by atoms with van der Waals surface area (Å²) in [6.07, 6.45) is 1.52. The number of methoxy groups -OCH3 is 1. The van der Waals surface area contributed by atoms with Gasteiger partial charge in [0.15, 0.2) is 5.78 Å². The van der Waals surface area contributed by atoms with Crippen LogP contribution in [-0.4, -0.2) is 43.5 Å². The maximum atomic E-state index is 11.9. The van der Waals surface area contributed by atoms with Gasteiger partial charge in [0.1, 0.15) is 18.1 Å². The predicted molar refractivity (Wildman–Crippen MR) is 76.8 cm³/mol. The molecule has 0 fully saturated rings. The third kappa shape index (κ3) is 7.75. The summed E-state index contributed by atoms with van der Waals surface area (Å²) in [5.41, 5.74) is -1.01. The number of unbranched alkanes of at least 4 members (excludes halogenated alkanes) is 1. The molecule has 0 saturated heterocycles. The third-order valence-electron chi connectivity index (χ3n) is 3.00. The molecule has 0 aliphatic heterocycles. The molecule has 0 spiro atoms. The Morgan fingerprint density at radius 1 is 1.23 bits per heavy atom. The minimum atomic E-state index is -1.12. The number of carbonyl (C=O) groups is 4. The van der Waals surface area contributed by atoms with Crippen LogP contribution < -0.4 is 0 Å². The van der Waals surface area contributed by atoms with E-state index in [0.29, 0.717) is 6.42 Å². The maximum absolute atomic E-state index is 11.9. The lowest BCUT2D eigenvalue weighted by Gasteiger charge is -2.21. The van der Waals surface area contributed by atoms with Crippen molar-refractivity contribution in [3.05, 3.63) is 0 Å². The predicted octanol–water partition coefficient (Wildman–Crippen LogP) is 1.42. The highest BCUT2D eigenvalue weighted by molar-refractivity contribution is 5.99. The summed E-state index contributed by atoms with van der Waals surface area (Å²) < 4.78 is 14.3. The van der Waals surface area contributed by atoms with E-state index in [9.17, 15) is 19.2 Å². The molecule has 0 bridgehead atoms. The molecular weight excluding hydrogens is 292 g/mol. The van der Waals surface area contributed by atoms with Gasteiger partial charge < -0.3 is 14.2 Å². The average molecular weight is 316 g/mol. The highest BCUT2D eigenvalue weighted by Crippen LogP contribution is 2.15. The maximum Gasteiger partial charge on any atom is 0.319 e. The zero-order chi connectivity index (χ0) is 17.2. The molecule has 0 rings (SSSR count). The fourth-order valence-corrected chi connectivity index (χ4v) is 1.71. The summed E-state index contributed by atoms with van der Waals surface area (Å²) in [5.74, 6) is -2.82. The standard InChI is InChI=1S/C15H24O7/c1-5-6-7-12(17)11(14(19)20-4)9-21-13(18)8-15(2,3)22-10-16/h10-11H,5-9H2,1-4H3. The van der Waals surface area contributed by atoms with E-state index in [2.05, 4.69) is 4.74 Å². The first-order valence-corrected chi connectivity index (χ1v) is 7.15. The number of carbonyl (C=O) groups excluding carboxylic acids is 4. The van der Waals surface area contributed by atoms with Gasteiger partial charge >= 0.3 is 11.9 Å². The summed E-state index contributed by atoms with van der Waals surface area (Å²) in [7, 11) is 1.17. The Hall–Kier alpha value is -1.92. The highest BCUT2D eigenvalue weighted by atomic mass is 16.6. The van der Waals surface area contributed by atoms with Gasteiger partial charge in [-0.15, -0.1) is 0 Å². The molecule has 7 nitrogen and oxygen atoms in total. The van der Waals surface area contributed by atoms with E-state index in [-0.39, 0.29) is 31.7 Å². The molecule has 0 aromatic carbocycles. The van der Waals surface area contributed by atoms with Gasteiger partial charge in [0.2, 0.25) is 0 Å². The minimum Gasteiger partial charge on any atom is -0.468 e. The lowest BCUT2D eigenvalue weighted by molar-refractivity contribution is -0.159. The Morgan fingerprint density at radius 2 is 1.86 bits per heavy atom. The van der Waals surface area contributed by atoms with Crippen LogP contribution in [0.2, 0.25) is 0 Å². The van der Waals surface area contributed by atoms with Crippen LogP contribution >= 0.6 is 0 Å². The molecule has 0 radical (unpaired) electrons. The highest BCUT2D eigenvalue weighted by Gasteiger charge is 2.30. The topological polar surface area (TPSA) is 96.0 Å². The Balaban J connectivity index is 4.56. The van der Waals surface area contributed by atoms with E-state index in [0.717, 1.165) is 6.42 Å². The van der Waals surface area contributed by atoms with Crippen LogP contribution in [-0.2, 0) is 33.4 Å². The number of Topliss-reactive ketones (excluding diaryl/α,β-unsaturated/α-hetero) is 1. The fraction of sp³-hybridized carbons (Fsp3) is 0.733. The second kappa shape index (κ2) is 9.92. The van der Waals surface area contributed by atoms with Crippen LogP contribution in [0.1, 0.15) is 46.5 Å². The van der Waals surface area contributed by atoms with E-state index < -0.39 is 23.5 Å². The van der Waals surface area contributed by atoms with E-state index in [1.165, 1.54) is 7.11 Å². The summed E-state index contributed by atoms with van der Waals surface area (Å²) >= 11 is 0. The lowest BCUT2D eigenvalue weighted by atomic mass is 10.0. The van der Waals surface area contributed by atoms with E-state index in [4.69, 9.17) is 9.47 Å². The van der Waals surface area contributed by atoms with Gasteiger partial charge in [-0.3, -0.25) is 19.2 Å². The second-order valence-electron chi connectivity index (χ2n) is 5.48. The number of ether oxygens (including phenoxy) is 3. The molecule has 0 aromatic heterocycles. The second-order valence-corrected chi connectivity index (χ2v) is 5.48. The number of hydrogen-bond acceptors (Lipinski definition) is 7. The van der Waals surface area contributed by atoms with Crippen LogP contribution in [0.3, 0.4) is 0 Å². The summed E-state index contributed by atoms with van der Waals surface area (Å²) in [4.78, 5) is 45.6. The van der Waals surface area contributed by atoms with Crippen LogP contribution in [0.5, 0.6) is 0 Å². The van der Waals surface area contributed by atoms with Crippen LogP contribution in [0.4, 0.5) is 0 Å². The normalized spacial score (nSPS) is 12.2. The van der Waals surface area contributed by atoms with Gasteiger partial charge in [-0.2, -0.15) is 0 Å². The van der Waals surface area contributed by atoms with Crippen molar-refractivity contribution in [2.24, 2.45) is 5.92 Å². The third-order valence-corrected chi connectivity index (χ3v) is 3.00. The molecule has 0 N–H and O–H groups in total. The molecule has 126 valence electrons. The van der Waals surface area contributed by atoms with Gasteiger partial charge in [0.25, 0.3) is 6.47 Å². The average Bonchev–Trinajstić information content (AvgIpc) is 2.43. The SMILES string of the molecule is CCCCC(=O)C(COC(=O)CC(C)(C)OC=O)C(=O)OC. The molecule has 7 heteroatoms. The largest absolute Gasteiger partial charge is 0.468 e. The van der Waals surface area contributed by atoms with Crippen molar-refractivity contribution in [2.45, 2.75) is 52.1 Å².